The lowest BCUT2D eigenvalue weighted by Gasteiger charge is -2.30. The average Bonchev–Trinajstić information content (AvgIpc) is 2.47. The van der Waals surface area contributed by atoms with Gasteiger partial charge in [-0.1, -0.05) is 64.4 Å². The number of hydrogen-bond donors (Lipinski definition) is 1. The largest absolute Gasteiger partial charge is 0.315 e. The van der Waals surface area contributed by atoms with E-state index in [9.17, 15) is 0 Å². The van der Waals surface area contributed by atoms with Crippen molar-refractivity contribution in [3.8, 4) is 0 Å². The van der Waals surface area contributed by atoms with Crippen LogP contribution in [0.1, 0.15) is 45.7 Å². The molecule has 2 unspecified atom stereocenters. The Morgan fingerprint density at radius 1 is 1.00 bits per heavy atom. The predicted octanol–water partition coefficient (Wildman–Crippen LogP) is 3.71. The van der Waals surface area contributed by atoms with Crippen molar-refractivity contribution >= 4 is 0 Å². The maximum atomic E-state index is 3.64. The van der Waals surface area contributed by atoms with Crippen LogP contribution in [0.25, 0.3) is 0 Å². The molecule has 0 aromatic heterocycles. The molecule has 0 saturated carbocycles. The first-order valence-electron chi connectivity index (χ1n) is 7.72. The fourth-order valence-corrected chi connectivity index (χ4v) is 2.41. The van der Waals surface area contributed by atoms with Crippen molar-refractivity contribution < 1.29 is 0 Å². The van der Waals surface area contributed by atoms with Gasteiger partial charge in [-0.3, -0.25) is 4.90 Å². The quantitative estimate of drug-likeness (QED) is 0.730. The lowest BCUT2D eigenvalue weighted by Crippen LogP contribution is -2.37. The average molecular weight is 262 g/mol. The van der Waals surface area contributed by atoms with E-state index in [1.165, 1.54) is 12.0 Å². The van der Waals surface area contributed by atoms with Gasteiger partial charge in [0.05, 0.1) is 0 Å². The van der Waals surface area contributed by atoms with Gasteiger partial charge in [-0.05, 0) is 31.1 Å². The summed E-state index contributed by atoms with van der Waals surface area (Å²) in [6.07, 6.45) is 1.24. The normalized spacial score (nSPS) is 14.6. The molecular weight excluding hydrogens is 232 g/mol. The minimum absolute atomic E-state index is 0.486. The fourth-order valence-electron chi connectivity index (χ4n) is 2.41. The number of hydrogen-bond acceptors (Lipinski definition) is 2. The van der Waals surface area contributed by atoms with Gasteiger partial charge in [0, 0.05) is 12.6 Å². The molecular formula is C17H30N2. The number of nitrogens with one attached hydrogen (secondary N) is 1. The molecule has 0 spiro atoms. The first-order valence-corrected chi connectivity index (χ1v) is 7.72. The van der Waals surface area contributed by atoms with Crippen LogP contribution >= 0.6 is 0 Å². The Labute approximate surface area is 119 Å². The van der Waals surface area contributed by atoms with Gasteiger partial charge in [0.15, 0.2) is 0 Å². The molecule has 0 fully saturated rings. The van der Waals surface area contributed by atoms with Crippen LogP contribution in [0.5, 0.6) is 0 Å². The van der Waals surface area contributed by atoms with Gasteiger partial charge in [0.25, 0.3) is 0 Å². The Balaban J connectivity index is 2.65. The maximum Gasteiger partial charge on any atom is 0.0472 e. The third-order valence-corrected chi connectivity index (χ3v) is 3.96. The maximum absolute atomic E-state index is 3.64. The summed E-state index contributed by atoms with van der Waals surface area (Å²) in [4.78, 5) is 2.53. The Morgan fingerprint density at radius 2 is 1.63 bits per heavy atom. The van der Waals surface area contributed by atoms with E-state index in [4.69, 9.17) is 0 Å². The number of likely N-dealkylation sites (N-methyl/N-ethyl adjacent to an activating group) is 1. The second-order valence-electron chi connectivity index (χ2n) is 5.32. The highest BCUT2D eigenvalue weighted by Gasteiger charge is 2.17. The highest BCUT2D eigenvalue weighted by atomic mass is 15.2. The van der Waals surface area contributed by atoms with Crippen molar-refractivity contribution in [1.82, 2.24) is 10.2 Å². The van der Waals surface area contributed by atoms with Crippen molar-refractivity contribution in [3.05, 3.63) is 35.9 Å². The molecule has 1 N–H and O–H groups in total. The fraction of sp³-hybridized carbons (Fsp3) is 0.647. The standard InChI is InChI=1S/C17H30N2/c1-5-15(4)13-18-14-17(19(6-2)7-3)16-11-9-8-10-12-16/h8-12,15,17-18H,5-7,13-14H2,1-4H3. The molecule has 1 rings (SSSR count). The van der Waals surface area contributed by atoms with Gasteiger partial charge in [-0.25, -0.2) is 0 Å². The van der Waals surface area contributed by atoms with E-state index in [1.807, 2.05) is 0 Å². The minimum atomic E-state index is 0.486. The van der Waals surface area contributed by atoms with E-state index in [2.05, 4.69) is 68.2 Å². The summed E-state index contributed by atoms with van der Waals surface area (Å²) in [5, 5.41) is 3.64. The molecule has 2 nitrogen and oxygen atoms in total. The van der Waals surface area contributed by atoms with Gasteiger partial charge in [0.1, 0.15) is 0 Å². The zero-order valence-electron chi connectivity index (χ0n) is 13.0. The second kappa shape index (κ2) is 9.11. The third kappa shape index (κ3) is 5.33. The van der Waals surface area contributed by atoms with E-state index in [-0.39, 0.29) is 0 Å². The van der Waals surface area contributed by atoms with Crippen molar-refractivity contribution in [1.29, 1.82) is 0 Å². The molecule has 1 aromatic rings. The number of benzene rings is 1. The van der Waals surface area contributed by atoms with Crippen molar-refractivity contribution in [2.75, 3.05) is 26.2 Å². The topological polar surface area (TPSA) is 15.3 Å². The summed E-state index contributed by atoms with van der Waals surface area (Å²) in [5.74, 6) is 0.758. The molecule has 0 aliphatic carbocycles. The van der Waals surface area contributed by atoms with Gasteiger partial charge >= 0.3 is 0 Å². The van der Waals surface area contributed by atoms with E-state index in [0.29, 0.717) is 6.04 Å². The van der Waals surface area contributed by atoms with Crippen LogP contribution in [-0.4, -0.2) is 31.1 Å². The van der Waals surface area contributed by atoms with Crippen LogP contribution in [0.2, 0.25) is 0 Å². The molecule has 0 saturated heterocycles. The summed E-state index contributed by atoms with van der Waals surface area (Å²) < 4.78 is 0. The molecule has 0 amide bonds. The Kier molecular flexibility index (Phi) is 7.76. The lowest BCUT2D eigenvalue weighted by molar-refractivity contribution is 0.211. The monoisotopic (exact) mass is 262 g/mol. The van der Waals surface area contributed by atoms with E-state index >= 15 is 0 Å². The molecule has 2 heteroatoms. The molecule has 108 valence electrons. The van der Waals surface area contributed by atoms with Crippen LogP contribution in [0.3, 0.4) is 0 Å². The first kappa shape index (κ1) is 16.2. The second-order valence-corrected chi connectivity index (χ2v) is 5.32. The summed E-state index contributed by atoms with van der Waals surface area (Å²) in [6, 6.07) is 11.3. The number of rotatable bonds is 9. The molecule has 2 atom stereocenters. The molecule has 0 aliphatic heterocycles. The third-order valence-electron chi connectivity index (χ3n) is 3.96. The Morgan fingerprint density at radius 3 is 2.16 bits per heavy atom. The highest BCUT2D eigenvalue weighted by molar-refractivity contribution is 5.19. The molecule has 1 aromatic carbocycles. The predicted molar refractivity (Wildman–Crippen MR) is 84.4 cm³/mol. The zero-order chi connectivity index (χ0) is 14.1. The highest BCUT2D eigenvalue weighted by Crippen LogP contribution is 2.19. The van der Waals surface area contributed by atoms with E-state index in [1.54, 1.807) is 0 Å². The van der Waals surface area contributed by atoms with E-state index in [0.717, 1.165) is 32.1 Å². The minimum Gasteiger partial charge on any atom is -0.315 e. The van der Waals surface area contributed by atoms with Gasteiger partial charge < -0.3 is 5.32 Å². The van der Waals surface area contributed by atoms with Crippen LogP contribution < -0.4 is 5.32 Å². The van der Waals surface area contributed by atoms with Crippen molar-refractivity contribution in [2.45, 2.75) is 40.2 Å². The Hall–Kier alpha value is -0.860. The molecule has 0 bridgehead atoms. The summed E-state index contributed by atoms with van der Waals surface area (Å²) in [7, 11) is 0. The summed E-state index contributed by atoms with van der Waals surface area (Å²) >= 11 is 0. The van der Waals surface area contributed by atoms with Crippen molar-refractivity contribution in [2.24, 2.45) is 5.92 Å². The Bertz CT molecular complexity index is 319. The molecule has 19 heavy (non-hydrogen) atoms. The van der Waals surface area contributed by atoms with Crippen molar-refractivity contribution in [3.63, 3.8) is 0 Å². The van der Waals surface area contributed by atoms with Gasteiger partial charge in [-0.15, -0.1) is 0 Å². The lowest BCUT2D eigenvalue weighted by atomic mass is 10.0. The van der Waals surface area contributed by atoms with Crippen LogP contribution in [0.4, 0.5) is 0 Å². The van der Waals surface area contributed by atoms with E-state index < -0.39 is 0 Å². The molecule has 0 aliphatic rings. The smallest absolute Gasteiger partial charge is 0.0472 e. The summed E-state index contributed by atoms with van der Waals surface area (Å²) in [5.41, 5.74) is 1.42. The summed E-state index contributed by atoms with van der Waals surface area (Å²) in [6.45, 7) is 13.4. The SMILES string of the molecule is CCC(C)CNCC(c1ccccc1)N(CC)CC. The van der Waals surface area contributed by atoms with Gasteiger partial charge in [-0.2, -0.15) is 0 Å². The molecule has 0 radical (unpaired) electrons. The molecule has 0 heterocycles. The van der Waals surface area contributed by atoms with Crippen LogP contribution in [0, 0.1) is 5.92 Å². The zero-order valence-corrected chi connectivity index (χ0v) is 13.0. The van der Waals surface area contributed by atoms with Crippen LogP contribution in [-0.2, 0) is 0 Å². The van der Waals surface area contributed by atoms with Gasteiger partial charge in [0.2, 0.25) is 0 Å². The van der Waals surface area contributed by atoms with Crippen LogP contribution in [0.15, 0.2) is 30.3 Å². The number of nitrogens with zero attached hydrogens (tertiary/aromatic N) is 1. The first-order chi connectivity index (χ1) is 9.22.